The lowest BCUT2D eigenvalue weighted by atomic mass is 9.99. The molecule has 2 aromatic heterocycles. The minimum absolute atomic E-state index is 0.172. The summed E-state index contributed by atoms with van der Waals surface area (Å²) in [4.78, 5) is 13.4. The summed E-state index contributed by atoms with van der Waals surface area (Å²) in [7, 11) is -0.166. The maximum absolute atomic E-state index is 13.4. The first kappa shape index (κ1) is 22.6. The summed E-state index contributed by atoms with van der Waals surface area (Å²) in [5, 5.41) is 7.35. The van der Waals surface area contributed by atoms with Gasteiger partial charge in [-0.15, -0.1) is 11.3 Å². The number of nitrogens with zero attached hydrogens (tertiary/aromatic N) is 4. The quantitative estimate of drug-likeness (QED) is 0.517. The average molecular weight is 479 g/mol. The normalized spacial score (nSPS) is 17.4. The van der Waals surface area contributed by atoms with Crippen LogP contribution in [0.4, 0.5) is 0 Å². The third-order valence-electron chi connectivity index (χ3n) is 5.55. The van der Waals surface area contributed by atoms with Gasteiger partial charge in [-0.25, -0.2) is 26.8 Å². The number of benzene rings is 1. The second-order valence-electron chi connectivity index (χ2n) is 7.77. The van der Waals surface area contributed by atoms with Crippen LogP contribution in [0.3, 0.4) is 0 Å². The molecule has 0 amide bonds. The van der Waals surface area contributed by atoms with Gasteiger partial charge in [0, 0.05) is 25.1 Å². The minimum Gasteiger partial charge on any atom is -0.497 e. The molecule has 1 fully saturated rings. The SMILES string of the molecule is COc1cc(Cn2nc(C3CCCN(S(C)(=O)=O)C3)n(-c3cccs3)c2=O)cc(OC)c1. The Morgan fingerprint density at radius 1 is 1.19 bits per heavy atom. The number of methoxy groups -OCH3 is 2. The zero-order valence-corrected chi connectivity index (χ0v) is 19.9. The van der Waals surface area contributed by atoms with E-state index in [2.05, 4.69) is 5.10 Å². The molecular weight excluding hydrogens is 452 g/mol. The molecule has 32 heavy (non-hydrogen) atoms. The largest absolute Gasteiger partial charge is 0.497 e. The maximum atomic E-state index is 13.4. The van der Waals surface area contributed by atoms with Crippen molar-refractivity contribution in [1.82, 2.24) is 18.7 Å². The minimum atomic E-state index is -3.31. The molecule has 3 aromatic rings. The molecule has 0 N–H and O–H groups in total. The van der Waals surface area contributed by atoms with E-state index in [0.29, 0.717) is 30.4 Å². The van der Waals surface area contributed by atoms with E-state index in [1.54, 1.807) is 24.9 Å². The van der Waals surface area contributed by atoms with Crippen LogP contribution in [-0.2, 0) is 16.6 Å². The van der Waals surface area contributed by atoms with Gasteiger partial charge in [-0.3, -0.25) is 0 Å². The molecule has 0 spiro atoms. The van der Waals surface area contributed by atoms with Gasteiger partial charge in [0.2, 0.25) is 10.0 Å². The van der Waals surface area contributed by atoms with E-state index in [4.69, 9.17) is 9.47 Å². The second-order valence-corrected chi connectivity index (χ2v) is 10.7. The van der Waals surface area contributed by atoms with Crippen LogP contribution in [0.15, 0.2) is 40.5 Å². The fourth-order valence-corrected chi connectivity index (χ4v) is 5.62. The Hall–Kier alpha value is -2.63. The van der Waals surface area contributed by atoms with Crippen LogP contribution in [0.1, 0.15) is 30.1 Å². The van der Waals surface area contributed by atoms with Crippen LogP contribution >= 0.6 is 11.3 Å². The number of aromatic nitrogens is 3. The molecule has 1 aliphatic rings. The van der Waals surface area contributed by atoms with Gasteiger partial charge >= 0.3 is 5.69 Å². The number of sulfonamides is 1. The van der Waals surface area contributed by atoms with E-state index in [0.717, 1.165) is 23.4 Å². The van der Waals surface area contributed by atoms with Crippen molar-refractivity contribution in [2.24, 2.45) is 0 Å². The highest BCUT2D eigenvalue weighted by atomic mass is 32.2. The molecule has 172 valence electrons. The number of hydrogen-bond donors (Lipinski definition) is 0. The molecule has 11 heteroatoms. The predicted octanol–water partition coefficient (Wildman–Crippen LogP) is 2.30. The average Bonchev–Trinajstić information content (AvgIpc) is 3.41. The van der Waals surface area contributed by atoms with E-state index in [1.165, 1.54) is 26.6 Å². The Balaban J connectivity index is 1.75. The van der Waals surface area contributed by atoms with Gasteiger partial charge in [0.15, 0.2) is 0 Å². The smallest absolute Gasteiger partial charge is 0.351 e. The van der Waals surface area contributed by atoms with Crippen LogP contribution in [0.25, 0.3) is 5.00 Å². The van der Waals surface area contributed by atoms with Gasteiger partial charge in [0.1, 0.15) is 22.3 Å². The molecule has 1 atom stereocenters. The zero-order valence-electron chi connectivity index (χ0n) is 18.2. The Labute approximate surface area is 190 Å². The van der Waals surface area contributed by atoms with E-state index in [1.807, 2.05) is 29.6 Å². The standard InChI is InChI=1S/C21H26N4O5S2/c1-29-17-10-15(11-18(12-17)30-2)13-24-21(26)25(19-7-5-9-31-19)20(22-24)16-6-4-8-23(14-16)32(3,27)28/h5,7,9-12,16H,4,6,8,13-14H2,1-3H3. The number of rotatable bonds is 7. The summed E-state index contributed by atoms with van der Waals surface area (Å²) in [6.07, 6.45) is 2.70. The van der Waals surface area contributed by atoms with Gasteiger partial charge in [0.25, 0.3) is 0 Å². The number of ether oxygens (including phenoxy) is 2. The highest BCUT2D eigenvalue weighted by molar-refractivity contribution is 7.88. The topological polar surface area (TPSA) is 95.7 Å². The third kappa shape index (κ3) is 4.59. The van der Waals surface area contributed by atoms with Gasteiger partial charge in [-0.05, 0) is 48.1 Å². The molecule has 9 nitrogen and oxygen atoms in total. The van der Waals surface area contributed by atoms with Crippen molar-refractivity contribution in [3.63, 3.8) is 0 Å². The van der Waals surface area contributed by atoms with Gasteiger partial charge in [0.05, 0.1) is 27.0 Å². The Bertz CT molecular complexity index is 1230. The predicted molar refractivity (Wildman–Crippen MR) is 123 cm³/mol. The summed E-state index contributed by atoms with van der Waals surface area (Å²) in [6.45, 7) is 1.04. The maximum Gasteiger partial charge on any atom is 0.351 e. The first-order valence-electron chi connectivity index (χ1n) is 10.2. The molecule has 0 bridgehead atoms. The van der Waals surface area contributed by atoms with E-state index < -0.39 is 10.0 Å². The number of hydrogen-bond acceptors (Lipinski definition) is 7. The van der Waals surface area contributed by atoms with Crippen LogP contribution in [0.2, 0.25) is 0 Å². The van der Waals surface area contributed by atoms with Gasteiger partial charge in [-0.1, -0.05) is 0 Å². The lowest BCUT2D eigenvalue weighted by molar-refractivity contribution is 0.308. The fraction of sp³-hybridized carbons (Fsp3) is 0.429. The van der Waals surface area contributed by atoms with Crippen molar-refractivity contribution in [2.45, 2.75) is 25.3 Å². The fourth-order valence-electron chi connectivity index (χ4n) is 3.98. The van der Waals surface area contributed by atoms with Crippen molar-refractivity contribution in [3.8, 4) is 16.5 Å². The third-order valence-corrected chi connectivity index (χ3v) is 7.68. The van der Waals surface area contributed by atoms with Crippen molar-refractivity contribution in [2.75, 3.05) is 33.6 Å². The Morgan fingerprint density at radius 2 is 1.91 bits per heavy atom. The molecule has 1 unspecified atom stereocenters. The van der Waals surface area contributed by atoms with E-state index >= 15 is 0 Å². The molecule has 0 aliphatic carbocycles. The second kappa shape index (κ2) is 9.08. The van der Waals surface area contributed by atoms with Crippen LogP contribution in [0.5, 0.6) is 11.5 Å². The summed E-state index contributed by atoms with van der Waals surface area (Å²) >= 11 is 1.44. The molecule has 0 saturated carbocycles. The summed E-state index contributed by atoms with van der Waals surface area (Å²) in [5.41, 5.74) is 0.549. The first-order chi connectivity index (χ1) is 15.3. The van der Waals surface area contributed by atoms with Crippen molar-refractivity contribution in [3.05, 3.63) is 57.6 Å². The van der Waals surface area contributed by atoms with Crippen LogP contribution in [0, 0.1) is 0 Å². The van der Waals surface area contributed by atoms with Crippen LogP contribution in [-0.4, -0.2) is 60.6 Å². The molecular formula is C21H26N4O5S2. The molecule has 1 aromatic carbocycles. The first-order valence-corrected chi connectivity index (χ1v) is 12.9. The summed E-state index contributed by atoms with van der Waals surface area (Å²) in [6, 6.07) is 9.19. The van der Waals surface area contributed by atoms with Crippen molar-refractivity contribution >= 4 is 21.4 Å². The van der Waals surface area contributed by atoms with Gasteiger partial charge in [-0.2, -0.15) is 5.10 Å². The molecule has 1 saturated heterocycles. The highest BCUT2D eigenvalue weighted by Gasteiger charge is 2.31. The number of piperidine rings is 1. The molecule has 4 rings (SSSR count). The summed E-state index contributed by atoms with van der Waals surface area (Å²) < 4.78 is 39.4. The van der Waals surface area contributed by atoms with Crippen molar-refractivity contribution in [1.29, 1.82) is 0 Å². The van der Waals surface area contributed by atoms with E-state index in [-0.39, 0.29) is 18.2 Å². The highest BCUT2D eigenvalue weighted by Crippen LogP contribution is 2.29. The van der Waals surface area contributed by atoms with Crippen molar-refractivity contribution < 1.29 is 17.9 Å². The Kier molecular flexibility index (Phi) is 6.40. The van der Waals surface area contributed by atoms with E-state index in [9.17, 15) is 13.2 Å². The Morgan fingerprint density at radius 3 is 2.50 bits per heavy atom. The lowest BCUT2D eigenvalue weighted by Crippen LogP contribution is -2.39. The molecule has 0 radical (unpaired) electrons. The monoisotopic (exact) mass is 478 g/mol. The lowest BCUT2D eigenvalue weighted by Gasteiger charge is -2.30. The number of thiophene rings is 1. The summed E-state index contributed by atoms with van der Waals surface area (Å²) in [5.74, 6) is 1.66. The zero-order chi connectivity index (χ0) is 22.9. The van der Waals surface area contributed by atoms with Crippen LogP contribution < -0.4 is 15.2 Å². The van der Waals surface area contributed by atoms with Gasteiger partial charge < -0.3 is 9.47 Å². The molecule has 1 aliphatic heterocycles. The molecule has 3 heterocycles.